The molecule has 0 bridgehead atoms. The second kappa shape index (κ2) is 7.27. The van der Waals surface area contributed by atoms with Crippen molar-refractivity contribution in [1.82, 2.24) is 0 Å². The SMILES string of the molecule is Cc1cccc(C(=O)O[C@@H](C)C(=O)Nc2sccc2C(N)=O)c1C. The van der Waals surface area contributed by atoms with Crippen molar-refractivity contribution >= 4 is 34.1 Å². The van der Waals surface area contributed by atoms with Crippen LogP contribution in [0.25, 0.3) is 0 Å². The highest BCUT2D eigenvalue weighted by Gasteiger charge is 2.22. The number of aryl methyl sites for hydroxylation is 1. The molecule has 126 valence electrons. The number of anilines is 1. The summed E-state index contributed by atoms with van der Waals surface area (Å²) in [6.07, 6.45) is -1.01. The number of hydrogen-bond donors (Lipinski definition) is 2. The first-order chi connectivity index (χ1) is 11.3. The average molecular weight is 346 g/mol. The van der Waals surface area contributed by atoms with E-state index in [0.717, 1.165) is 11.1 Å². The zero-order chi connectivity index (χ0) is 17.9. The standard InChI is InChI=1S/C17H18N2O4S/c1-9-5-4-6-12(10(9)2)17(22)23-11(3)15(21)19-16-13(14(18)20)7-8-24-16/h4-8,11H,1-3H3,(H2,18,20)(H,19,21)/t11-/m0/s1. The molecule has 0 radical (unpaired) electrons. The summed E-state index contributed by atoms with van der Waals surface area (Å²) < 4.78 is 5.22. The molecule has 0 aliphatic carbocycles. The van der Waals surface area contributed by atoms with Crippen molar-refractivity contribution < 1.29 is 19.1 Å². The van der Waals surface area contributed by atoms with Crippen LogP contribution in [-0.4, -0.2) is 23.9 Å². The van der Waals surface area contributed by atoms with Gasteiger partial charge in [0.1, 0.15) is 5.00 Å². The lowest BCUT2D eigenvalue weighted by atomic mass is 10.0. The van der Waals surface area contributed by atoms with Gasteiger partial charge >= 0.3 is 5.97 Å². The summed E-state index contributed by atoms with van der Waals surface area (Å²) in [6, 6.07) is 6.83. The van der Waals surface area contributed by atoms with Gasteiger partial charge in [0.25, 0.3) is 11.8 Å². The summed E-state index contributed by atoms with van der Waals surface area (Å²) in [5, 5.41) is 4.53. The van der Waals surface area contributed by atoms with Crippen molar-refractivity contribution in [3.8, 4) is 0 Å². The summed E-state index contributed by atoms with van der Waals surface area (Å²) in [6.45, 7) is 5.18. The summed E-state index contributed by atoms with van der Waals surface area (Å²) in [5.74, 6) is -1.73. The molecule has 2 amide bonds. The van der Waals surface area contributed by atoms with Crippen LogP contribution in [0.1, 0.15) is 38.8 Å². The highest BCUT2D eigenvalue weighted by molar-refractivity contribution is 7.14. The lowest BCUT2D eigenvalue weighted by molar-refractivity contribution is -0.123. The number of rotatable bonds is 5. The van der Waals surface area contributed by atoms with Gasteiger partial charge in [0.05, 0.1) is 11.1 Å². The van der Waals surface area contributed by atoms with Gasteiger partial charge in [-0.05, 0) is 49.4 Å². The van der Waals surface area contributed by atoms with Crippen LogP contribution in [0.5, 0.6) is 0 Å². The van der Waals surface area contributed by atoms with Crippen molar-refractivity contribution in [2.75, 3.05) is 5.32 Å². The highest BCUT2D eigenvalue weighted by atomic mass is 32.1. The maximum atomic E-state index is 12.2. The predicted octanol–water partition coefficient (Wildman–Crippen LogP) is 2.65. The number of nitrogens with two attached hydrogens (primary N) is 1. The van der Waals surface area contributed by atoms with E-state index < -0.39 is 23.9 Å². The number of thiophene rings is 1. The molecule has 3 N–H and O–H groups in total. The Bertz CT molecular complexity index is 798. The minimum Gasteiger partial charge on any atom is -0.449 e. The quantitative estimate of drug-likeness (QED) is 0.813. The van der Waals surface area contributed by atoms with Crippen molar-refractivity contribution in [1.29, 1.82) is 0 Å². The molecule has 1 aromatic heterocycles. The van der Waals surface area contributed by atoms with Gasteiger partial charge in [0.15, 0.2) is 6.10 Å². The zero-order valence-corrected chi connectivity index (χ0v) is 14.4. The van der Waals surface area contributed by atoms with E-state index in [1.807, 2.05) is 19.9 Å². The van der Waals surface area contributed by atoms with Crippen LogP contribution in [-0.2, 0) is 9.53 Å². The van der Waals surface area contributed by atoms with Crippen LogP contribution in [0, 0.1) is 13.8 Å². The molecule has 0 saturated carbocycles. The fourth-order valence-corrected chi connectivity index (χ4v) is 2.86. The number of carbonyl (C=O) groups excluding carboxylic acids is 3. The Morgan fingerprint density at radius 2 is 1.88 bits per heavy atom. The third kappa shape index (κ3) is 3.80. The Morgan fingerprint density at radius 3 is 2.54 bits per heavy atom. The van der Waals surface area contributed by atoms with Crippen LogP contribution in [0.3, 0.4) is 0 Å². The first-order valence-electron chi connectivity index (χ1n) is 7.26. The largest absolute Gasteiger partial charge is 0.449 e. The van der Waals surface area contributed by atoms with E-state index in [1.165, 1.54) is 24.3 Å². The Hall–Kier alpha value is -2.67. The van der Waals surface area contributed by atoms with Gasteiger partial charge in [0, 0.05) is 0 Å². The summed E-state index contributed by atoms with van der Waals surface area (Å²) in [5.41, 5.74) is 7.65. The molecule has 0 saturated heterocycles. The number of hydrogen-bond acceptors (Lipinski definition) is 5. The molecule has 6 nitrogen and oxygen atoms in total. The second-order valence-electron chi connectivity index (χ2n) is 5.31. The summed E-state index contributed by atoms with van der Waals surface area (Å²) in [7, 11) is 0. The van der Waals surface area contributed by atoms with E-state index in [0.29, 0.717) is 10.6 Å². The Kier molecular flexibility index (Phi) is 5.35. The van der Waals surface area contributed by atoms with Crippen molar-refractivity contribution in [2.24, 2.45) is 5.73 Å². The molecule has 1 heterocycles. The highest BCUT2D eigenvalue weighted by Crippen LogP contribution is 2.23. The van der Waals surface area contributed by atoms with Crippen molar-refractivity contribution in [3.05, 3.63) is 51.9 Å². The fourth-order valence-electron chi connectivity index (χ4n) is 2.06. The molecule has 0 spiro atoms. The number of esters is 1. The first kappa shape index (κ1) is 17.7. The molecule has 24 heavy (non-hydrogen) atoms. The van der Waals surface area contributed by atoms with Crippen LogP contribution in [0.4, 0.5) is 5.00 Å². The summed E-state index contributed by atoms with van der Waals surface area (Å²) >= 11 is 1.17. The van der Waals surface area contributed by atoms with E-state index >= 15 is 0 Å². The van der Waals surface area contributed by atoms with E-state index in [-0.39, 0.29) is 5.56 Å². The molecular weight excluding hydrogens is 328 g/mol. The first-order valence-corrected chi connectivity index (χ1v) is 8.14. The maximum absolute atomic E-state index is 12.2. The van der Waals surface area contributed by atoms with E-state index in [1.54, 1.807) is 17.5 Å². The van der Waals surface area contributed by atoms with E-state index in [4.69, 9.17) is 10.5 Å². The monoisotopic (exact) mass is 346 g/mol. The molecule has 1 aromatic carbocycles. The lowest BCUT2D eigenvalue weighted by Gasteiger charge is -2.14. The van der Waals surface area contributed by atoms with Gasteiger partial charge in [-0.1, -0.05) is 12.1 Å². The molecule has 0 aliphatic heterocycles. The molecule has 7 heteroatoms. The van der Waals surface area contributed by atoms with Gasteiger partial charge in [0.2, 0.25) is 0 Å². The summed E-state index contributed by atoms with van der Waals surface area (Å²) in [4.78, 5) is 35.7. The van der Waals surface area contributed by atoms with E-state index in [9.17, 15) is 14.4 Å². The zero-order valence-electron chi connectivity index (χ0n) is 13.6. The fraction of sp³-hybridized carbons (Fsp3) is 0.235. The number of benzene rings is 1. The molecule has 2 rings (SSSR count). The van der Waals surface area contributed by atoms with Crippen LogP contribution >= 0.6 is 11.3 Å². The van der Waals surface area contributed by atoms with Crippen molar-refractivity contribution in [2.45, 2.75) is 26.9 Å². The molecule has 1 atom stereocenters. The smallest absolute Gasteiger partial charge is 0.339 e. The average Bonchev–Trinajstić information content (AvgIpc) is 2.98. The molecular formula is C17H18N2O4S. The molecule has 2 aromatic rings. The van der Waals surface area contributed by atoms with Crippen LogP contribution in [0.15, 0.2) is 29.6 Å². The number of nitrogens with one attached hydrogen (secondary N) is 1. The number of ether oxygens (including phenoxy) is 1. The molecule has 0 unspecified atom stereocenters. The van der Waals surface area contributed by atoms with Crippen LogP contribution < -0.4 is 11.1 Å². The van der Waals surface area contributed by atoms with Gasteiger partial charge in [-0.15, -0.1) is 11.3 Å². The minimum atomic E-state index is -1.01. The molecule has 0 aliphatic rings. The predicted molar refractivity (Wildman–Crippen MR) is 92.3 cm³/mol. The van der Waals surface area contributed by atoms with Gasteiger partial charge in [-0.3, -0.25) is 9.59 Å². The lowest BCUT2D eigenvalue weighted by Crippen LogP contribution is -2.30. The van der Waals surface area contributed by atoms with E-state index in [2.05, 4.69) is 5.32 Å². The minimum absolute atomic E-state index is 0.224. The molecule has 0 fully saturated rings. The Morgan fingerprint density at radius 1 is 1.17 bits per heavy atom. The Labute approximate surface area is 143 Å². The second-order valence-corrected chi connectivity index (χ2v) is 6.23. The number of amides is 2. The number of primary amides is 1. The topological polar surface area (TPSA) is 98.5 Å². The van der Waals surface area contributed by atoms with Crippen LogP contribution in [0.2, 0.25) is 0 Å². The maximum Gasteiger partial charge on any atom is 0.339 e. The number of carbonyl (C=O) groups is 3. The normalized spacial score (nSPS) is 11.6. The van der Waals surface area contributed by atoms with Gasteiger partial charge in [-0.2, -0.15) is 0 Å². The van der Waals surface area contributed by atoms with Crippen molar-refractivity contribution in [3.63, 3.8) is 0 Å². The van der Waals surface area contributed by atoms with Gasteiger partial charge in [-0.25, -0.2) is 4.79 Å². The Balaban J connectivity index is 2.06. The third-order valence-corrected chi connectivity index (χ3v) is 4.47. The van der Waals surface area contributed by atoms with Gasteiger partial charge < -0.3 is 15.8 Å². The third-order valence-electron chi connectivity index (χ3n) is 3.64.